The summed E-state index contributed by atoms with van der Waals surface area (Å²) in [6.07, 6.45) is 2.54. The van der Waals surface area contributed by atoms with Crippen LogP contribution in [0.5, 0.6) is 0 Å². The van der Waals surface area contributed by atoms with Gasteiger partial charge in [0.2, 0.25) is 0 Å². The number of rotatable bonds is 2. The summed E-state index contributed by atoms with van der Waals surface area (Å²) < 4.78 is 0. The first-order valence-corrected chi connectivity index (χ1v) is 4.67. The number of hydrogen-bond acceptors (Lipinski definition) is 3. The van der Waals surface area contributed by atoms with Gasteiger partial charge in [-0.1, -0.05) is 23.8 Å². The fourth-order valence-corrected chi connectivity index (χ4v) is 1.51. The van der Waals surface area contributed by atoms with Crippen LogP contribution in [0.2, 0.25) is 0 Å². The van der Waals surface area contributed by atoms with Crippen LogP contribution in [0.1, 0.15) is 16.7 Å². The SMILES string of the molecule is CONOC.Cc1ccc2cc1CC2. The molecule has 14 heavy (non-hydrogen) atoms. The second kappa shape index (κ2) is 5.75. The Kier molecular flexibility index (Phi) is 4.59. The molecule has 78 valence electrons. The molecule has 0 fully saturated rings. The summed E-state index contributed by atoms with van der Waals surface area (Å²) in [5, 5.41) is 0. The topological polar surface area (TPSA) is 30.5 Å². The molecular formula is C11H17NO2. The average molecular weight is 195 g/mol. The standard InChI is InChI=1S/C9H10.C2H7NO2/c1-7-2-3-8-4-5-9(7)6-8;1-4-3-5-2/h2-3,6H,4-5H2,1H3;3H,1-2H3. The zero-order chi connectivity index (χ0) is 10.4. The summed E-state index contributed by atoms with van der Waals surface area (Å²) in [6.45, 7) is 2.18. The lowest BCUT2D eigenvalue weighted by atomic mass is 10.1. The molecule has 1 aromatic carbocycles. The maximum Gasteiger partial charge on any atom is 0.0599 e. The van der Waals surface area contributed by atoms with Gasteiger partial charge in [0.05, 0.1) is 14.2 Å². The molecule has 0 saturated carbocycles. The number of benzene rings is 1. The van der Waals surface area contributed by atoms with Crippen LogP contribution >= 0.6 is 0 Å². The number of hydrogen-bond donors (Lipinski definition) is 1. The summed E-state index contributed by atoms with van der Waals surface area (Å²) >= 11 is 0. The molecular weight excluding hydrogens is 178 g/mol. The highest BCUT2D eigenvalue weighted by Crippen LogP contribution is 2.20. The Balaban J connectivity index is 0.000000171. The Hall–Kier alpha value is -0.900. The molecule has 0 aromatic heterocycles. The van der Waals surface area contributed by atoms with Crippen molar-refractivity contribution in [3.63, 3.8) is 0 Å². The number of fused-ring (bicyclic) bond motifs is 2. The lowest BCUT2D eigenvalue weighted by Gasteiger charge is -1.93. The van der Waals surface area contributed by atoms with Gasteiger partial charge in [-0.3, -0.25) is 9.68 Å². The lowest BCUT2D eigenvalue weighted by molar-refractivity contribution is -0.130. The van der Waals surface area contributed by atoms with Gasteiger partial charge in [0.25, 0.3) is 0 Å². The molecule has 0 heterocycles. The maximum absolute atomic E-state index is 4.22. The monoisotopic (exact) mass is 195 g/mol. The normalized spacial score (nSPS) is 12.2. The molecule has 0 spiro atoms. The van der Waals surface area contributed by atoms with Crippen molar-refractivity contribution in [2.45, 2.75) is 19.8 Å². The lowest BCUT2D eigenvalue weighted by Crippen LogP contribution is -2.07. The van der Waals surface area contributed by atoms with Gasteiger partial charge in [0.1, 0.15) is 0 Å². The van der Waals surface area contributed by atoms with Crippen molar-refractivity contribution < 1.29 is 9.68 Å². The minimum absolute atomic E-state index is 1.27. The highest BCUT2D eigenvalue weighted by molar-refractivity contribution is 5.36. The Morgan fingerprint density at radius 1 is 1.14 bits per heavy atom. The minimum Gasteiger partial charge on any atom is -0.280 e. The summed E-state index contributed by atoms with van der Waals surface area (Å²) in [5.41, 5.74) is 6.62. The van der Waals surface area contributed by atoms with E-state index in [1.54, 1.807) is 5.56 Å². The van der Waals surface area contributed by atoms with E-state index in [1.165, 1.54) is 38.2 Å². The van der Waals surface area contributed by atoms with Crippen molar-refractivity contribution in [3.05, 3.63) is 34.9 Å². The van der Waals surface area contributed by atoms with E-state index in [0.717, 1.165) is 0 Å². The van der Waals surface area contributed by atoms with Crippen LogP contribution in [0.3, 0.4) is 0 Å². The highest BCUT2D eigenvalue weighted by Gasteiger charge is 2.07. The summed E-state index contributed by atoms with van der Waals surface area (Å²) in [6, 6.07) is 6.76. The zero-order valence-electron chi connectivity index (χ0n) is 8.96. The molecule has 0 aliphatic heterocycles. The van der Waals surface area contributed by atoms with E-state index in [0.29, 0.717) is 0 Å². The van der Waals surface area contributed by atoms with E-state index in [-0.39, 0.29) is 0 Å². The molecule has 1 aromatic rings. The highest BCUT2D eigenvalue weighted by atomic mass is 16.9. The third kappa shape index (κ3) is 3.10. The van der Waals surface area contributed by atoms with Crippen molar-refractivity contribution in [1.29, 1.82) is 0 Å². The third-order valence-electron chi connectivity index (χ3n) is 2.26. The third-order valence-corrected chi connectivity index (χ3v) is 2.26. The quantitative estimate of drug-likeness (QED) is 0.730. The number of aryl methyl sites for hydroxylation is 3. The second-order valence-electron chi connectivity index (χ2n) is 3.25. The molecule has 0 amide bonds. The Morgan fingerprint density at radius 2 is 1.86 bits per heavy atom. The van der Waals surface area contributed by atoms with E-state index in [9.17, 15) is 0 Å². The molecule has 3 heteroatoms. The largest absolute Gasteiger partial charge is 0.280 e. The molecule has 0 unspecified atom stereocenters. The van der Waals surface area contributed by atoms with Gasteiger partial charge in [-0.2, -0.15) is 0 Å². The van der Waals surface area contributed by atoms with Crippen LogP contribution in [0.4, 0.5) is 0 Å². The van der Waals surface area contributed by atoms with Gasteiger partial charge in [-0.15, -0.1) is 0 Å². The van der Waals surface area contributed by atoms with Gasteiger partial charge < -0.3 is 0 Å². The van der Waals surface area contributed by atoms with Crippen LogP contribution in [0.25, 0.3) is 0 Å². The molecule has 2 bridgehead atoms. The van der Waals surface area contributed by atoms with E-state index in [1.807, 2.05) is 0 Å². The van der Waals surface area contributed by atoms with Crippen molar-refractivity contribution in [1.82, 2.24) is 5.64 Å². The predicted octanol–water partition coefficient (Wildman–Crippen LogP) is 1.79. The molecule has 1 N–H and O–H groups in total. The average Bonchev–Trinajstić information content (AvgIpc) is 2.59. The molecule has 0 atom stereocenters. The second-order valence-corrected chi connectivity index (χ2v) is 3.25. The van der Waals surface area contributed by atoms with E-state index >= 15 is 0 Å². The van der Waals surface area contributed by atoms with Gasteiger partial charge in [-0.05, 0) is 36.5 Å². The molecule has 1 aliphatic rings. The summed E-state index contributed by atoms with van der Waals surface area (Å²) in [5.74, 6) is 0. The van der Waals surface area contributed by atoms with Gasteiger partial charge in [0.15, 0.2) is 0 Å². The minimum atomic E-state index is 1.27. The summed E-state index contributed by atoms with van der Waals surface area (Å²) in [4.78, 5) is 8.44. The van der Waals surface area contributed by atoms with Crippen LogP contribution in [-0.4, -0.2) is 14.2 Å². The molecule has 0 saturated heterocycles. The van der Waals surface area contributed by atoms with Gasteiger partial charge in [-0.25, -0.2) is 0 Å². The maximum atomic E-state index is 4.22. The first-order chi connectivity index (χ1) is 6.77. The predicted molar refractivity (Wildman–Crippen MR) is 55.7 cm³/mol. The molecule has 2 rings (SSSR count). The fourth-order valence-electron chi connectivity index (χ4n) is 1.51. The van der Waals surface area contributed by atoms with Crippen molar-refractivity contribution in [3.8, 4) is 0 Å². The first-order valence-electron chi connectivity index (χ1n) is 4.67. The van der Waals surface area contributed by atoms with Crippen LogP contribution in [-0.2, 0) is 22.5 Å². The van der Waals surface area contributed by atoms with E-state index < -0.39 is 0 Å². The zero-order valence-corrected chi connectivity index (χ0v) is 8.96. The van der Waals surface area contributed by atoms with Crippen LogP contribution in [0.15, 0.2) is 18.2 Å². The van der Waals surface area contributed by atoms with Crippen molar-refractivity contribution in [2.75, 3.05) is 14.2 Å². The Labute approximate surface area is 84.9 Å². The van der Waals surface area contributed by atoms with E-state index in [2.05, 4.69) is 40.4 Å². The summed E-state index contributed by atoms with van der Waals surface area (Å²) in [7, 11) is 2.95. The van der Waals surface area contributed by atoms with Crippen molar-refractivity contribution in [2.24, 2.45) is 0 Å². The Morgan fingerprint density at radius 3 is 2.36 bits per heavy atom. The van der Waals surface area contributed by atoms with Gasteiger partial charge in [0, 0.05) is 0 Å². The molecule has 3 nitrogen and oxygen atoms in total. The smallest absolute Gasteiger partial charge is 0.0599 e. The Bertz CT molecular complexity index is 285. The van der Waals surface area contributed by atoms with Crippen molar-refractivity contribution >= 4 is 0 Å². The number of nitrogens with one attached hydrogen (secondary N) is 1. The van der Waals surface area contributed by atoms with E-state index in [4.69, 9.17) is 0 Å². The van der Waals surface area contributed by atoms with Gasteiger partial charge >= 0.3 is 0 Å². The van der Waals surface area contributed by atoms with Crippen LogP contribution < -0.4 is 5.64 Å². The molecule has 0 radical (unpaired) electrons. The van der Waals surface area contributed by atoms with Crippen LogP contribution in [0, 0.1) is 6.92 Å². The molecule has 1 aliphatic carbocycles. The fraction of sp³-hybridized carbons (Fsp3) is 0.455. The first kappa shape index (κ1) is 11.2.